The summed E-state index contributed by atoms with van der Waals surface area (Å²) in [7, 11) is 1.81. The van der Waals surface area contributed by atoms with E-state index in [1.165, 1.54) is 11.3 Å². The highest BCUT2D eigenvalue weighted by Gasteiger charge is 2.35. The number of aryl methyl sites for hydroxylation is 3. The molecule has 3 amide bonds. The minimum atomic E-state index is -0.510. The number of carbonyl (C=O) groups is 2. The van der Waals surface area contributed by atoms with Gasteiger partial charge in [-0.15, -0.1) is 11.3 Å². The van der Waals surface area contributed by atoms with Gasteiger partial charge in [0.25, 0.3) is 5.91 Å². The molecule has 8 heteroatoms. The smallest absolute Gasteiger partial charge is 0.319 e. The Morgan fingerprint density at radius 2 is 2.17 bits per heavy atom. The van der Waals surface area contributed by atoms with Gasteiger partial charge in [-0.1, -0.05) is 0 Å². The van der Waals surface area contributed by atoms with E-state index in [0.29, 0.717) is 13.0 Å². The maximum Gasteiger partial charge on any atom is 0.319 e. The molecule has 0 radical (unpaired) electrons. The van der Waals surface area contributed by atoms with Gasteiger partial charge >= 0.3 is 6.03 Å². The maximum absolute atomic E-state index is 12.5. The Hall–Kier alpha value is -2.35. The number of amides is 3. The van der Waals surface area contributed by atoms with Crippen LogP contribution in [0, 0.1) is 13.8 Å². The summed E-state index contributed by atoms with van der Waals surface area (Å²) in [6.45, 7) is 4.38. The number of carbonyl (C=O) groups excluding carboxylic acids is 2. The van der Waals surface area contributed by atoms with Crippen molar-refractivity contribution in [3.63, 3.8) is 0 Å². The highest BCUT2D eigenvalue weighted by molar-refractivity contribution is 7.08. The lowest BCUT2D eigenvalue weighted by molar-refractivity contribution is -0.118. The average molecular weight is 333 g/mol. The summed E-state index contributed by atoms with van der Waals surface area (Å²) in [5, 5.41) is 13.6. The molecule has 1 aliphatic rings. The Kier molecular flexibility index (Phi) is 4.08. The Morgan fingerprint density at radius 1 is 1.39 bits per heavy atom. The van der Waals surface area contributed by atoms with Crippen LogP contribution >= 0.6 is 11.3 Å². The van der Waals surface area contributed by atoms with Gasteiger partial charge in [0.1, 0.15) is 11.9 Å². The third kappa shape index (κ3) is 3.07. The van der Waals surface area contributed by atoms with Gasteiger partial charge in [-0.05, 0) is 31.2 Å². The highest BCUT2D eigenvalue weighted by Crippen LogP contribution is 2.22. The van der Waals surface area contributed by atoms with Gasteiger partial charge in [-0.3, -0.25) is 14.4 Å². The third-order valence-corrected chi connectivity index (χ3v) is 4.73. The summed E-state index contributed by atoms with van der Waals surface area (Å²) in [5.74, 6) is 0.649. The molecule has 0 spiro atoms. The summed E-state index contributed by atoms with van der Waals surface area (Å²) >= 11 is 1.53. The Bertz CT molecular complexity index is 751. The van der Waals surface area contributed by atoms with Crippen LogP contribution in [0.1, 0.15) is 17.7 Å². The van der Waals surface area contributed by atoms with Crippen molar-refractivity contribution in [2.75, 3.05) is 16.8 Å². The normalized spacial score (nSPS) is 17.6. The van der Waals surface area contributed by atoms with Gasteiger partial charge in [0.2, 0.25) is 0 Å². The molecule has 0 bridgehead atoms. The zero-order valence-electron chi connectivity index (χ0n) is 13.3. The molecule has 122 valence electrons. The average Bonchev–Trinajstić information content (AvgIpc) is 3.13. The molecule has 3 rings (SSSR count). The van der Waals surface area contributed by atoms with Crippen LogP contribution in [0.2, 0.25) is 0 Å². The van der Waals surface area contributed by atoms with Crippen molar-refractivity contribution in [1.82, 2.24) is 15.1 Å². The minimum Gasteiger partial charge on any atom is -0.326 e. The van der Waals surface area contributed by atoms with Crippen molar-refractivity contribution < 1.29 is 9.59 Å². The van der Waals surface area contributed by atoms with Crippen LogP contribution in [-0.2, 0) is 11.8 Å². The summed E-state index contributed by atoms with van der Waals surface area (Å²) in [4.78, 5) is 26.3. The number of thiophene rings is 1. The molecular formula is C15H19N5O2S. The Labute approximate surface area is 138 Å². The predicted octanol–water partition coefficient (Wildman–Crippen LogP) is 2.03. The SMILES string of the molecule is Cc1cc(N2CCC(NC(=O)Nc3cscc3C)C2=O)n(C)n1. The van der Waals surface area contributed by atoms with Crippen molar-refractivity contribution in [2.45, 2.75) is 26.3 Å². The van der Waals surface area contributed by atoms with E-state index in [1.54, 1.807) is 9.58 Å². The molecule has 2 aromatic rings. The van der Waals surface area contributed by atoms with Crippen molar-refractivity contribution in [3.05, 3.63) is 28.1 Å². The zero-order valence-corrected chi connectivity index (χ0v) is 14.1. The van der Waals surface area contributed by atoms with Crippen LogP contribution in [0.15, 0.2) is 16.8 Å². The van der Waals surface area contributed by atoms with E-state index in [4.69, 9.17) is 0 Å². The van der Waals surface area contributed by atoms with Crippen LogP contribution in [0.25, 0.3) is 0 Å². The Balaban J connectivity index is 1.64. The fourth-order valence-electron chi connectivity index (χ4n) is 2.70. The van der Waals surface area contributed by atoms with E-state index in [0.717, 1.165) is 22.8 Å². The van der Waals surface area contributed by atoms with E-state index in [9.17, 15) is 9.59 Å². The monoisotopic (exact) mass is 333 g/mol. The lowest BCUT2D eigenvalue weighted by Gasteiger charge is -2.17. The molecule has 1 atom stereocenters. The molecule has 2 aromatic heterocycles. The van der Waals surface area contributed by atoms with Crippen LogP contribution in [0.5, 0.6) is 0 Å². The van der Waals surface area contributed by atoms with Crippen molar-refractivity contribution in [1.29, 1.82) is 0 Å². The molecule has 23 heavy (non-hydrogen) atoms. The van der Waals surface area contributed by atoms with E-state index in [2.05, 4.69) is 15.7 Å². The van der Waals surface area contributed by atoms with Gasteiger partial charge in [0.05, 0.1) is 11.4 Å². The fourth-order valence-corrected chi connectivity index (χ4v) is 3.48. The number of nitrogens with one attached hydrogen (secondary N) is 2. The molecule has 7 nitrogen and oxygen atoms in total. The van der Waals surface area contributed by atoms with E-state index in [-0.39, 0.29) is 11.9 Å². The third-order valence-electron chi connectivity index (χ3n) is 3.87. The number of anilines is 2. The standard InChI is InChI=1S/C15H19N5O2S/c1-9-7-23-8-12(9)17-15(22)16-11-4-5-20(14(11)21)13-6-10(2)18-19(13)3/h6-8,11H,4-5H2,1-3H3,(H2,16,17,22). The first-order valence-electron chi connectivity index (χ1n) is 7.38. The van der Waals surface area contributed by atoms with Crippen LogP contribution in [0.4, 0.5) is 16.3 Å². The predicted molar refractivity (Wildman–Crippen MR) is 89.9 cm³/mol. The van der Waals surface area contributed by atoms with Gasteiger partial charge < -0.3 is 10.6 Å². The second-order valence-electron chi connectivity index (χ2n) is 5.67. The lowest BCUT2D eigenvalue weighted by atomic mass is 10.2. The molecule has 1 aliphatic heterocycles. The largest absolute Gasteiger partial charge is 0.326 e. The van der Waals surface area contributed by atoms with Gasteiger partial charge in [0.15, 0.2) is 0 Å². The summed E-state index contributed by atoms with van der Waals surface area (Å²) in [5.41, 5.74) is 2.64. The van der Waals surface area contributed by atoms with Crippen LogP contribution < -0.4 is 15.5 Å². The first kappa shape index (κ1) is 15.5. The fraction of sp³-hybridized carbons (Fsp3) is 0.400. The van der Waals surface area contributed by atoms with Gasteiger partial charge in [-0.2, -0.15) is 5.10 Å². The molecule has 3 heterocycles. The topological polar surface area (TPSA) is 79.3 Å². The quantitative estimate of drug-likeness (QED) is 0.902. The molecule has 1 unspecified atom stereocenters. The van der Waals surface area contributed by atoms with Crippen molar-refractivity contribution >= 4 is 34.8 Å². The maximum atomic E-state index is 12.5. The van der Waals surface area contributed by atoms with Gasteiger partial charge in [0, 0.05) is 25.0 Å². The highest BCUT2D eigenvalue weighted by atomic mass is 32.1. The number of aromatic nitrogens is 2. The number of urea groups is 1. The van der Waals surface area contributed by atoms with Crippen LogP contribution in [-0.4, -0.2) is 34.3 Å². The van der Waals surface area contributed by atoms with Gasteiger partial charge in [-0.25, -0.2) is 4.79 Å². The molecule has 1 saturated heterocycles. The second-order valence-corrected chi connectivity index (χ2v) is 6.41. The molecule has 0 saturated carbocycles. The number of hydrogen-bond acceptors (Lipinski definition) is 4. The number of rotatable bonds is 3. The number of hydrogen-bond donors (Lipinski definition) is 2. The summed E-state index contributed by atoms with van der Waals surface area (Å²) in [6, 6.07) is 1.01. The summed E-state index contributed by atoms with van der Waals surface area (Å²) < 4.78 is 1.68. The molecular weight excluding hydrogens is 314 g/mol. The molecule has 0 aliphatic carbocycles. The van der Waals surface area contributed by atoms with Crippen molar-refractivity contribution in [2.24, 2.45) is 7.05 Å². The molecule has 1 fully saturated rings. The minimum absolute atomic E-state index is 0.106. The number of nitrogens with zero attached hydrogens (tertiary/aromatic N) is 3. The summed E-state index contributed by atoms with van der Waals surface area (Å²) in [6.07, 6.45) is 0.582. The first-order chi connectivity index (χ1) is 11.0. The molecule has 2 N–H and O–H groups in total. The Morgan fingerprint density at radius 3 is 2.78 bits per heavy atom. The second kappa shape index (κ2) is 6.04. The van der Waals surface area contributed by atoms with E-state index >= 15 is 0 Å². The zero-order chi connectivity index (χ0) is 16.6. The lowest BCUT2D eigenvalue weighted by Crippen LogP contribution is -2.43. The van der Waals surface area contributed by atoms with Crippen LogP contribution in [0.3, 0.4) is 0 Å². The van der Waals surface area contributed by atoms with E-state index in [1.807, 2.05) is 37.7 Å². The van der Waals surface area contributed by atoms with Crippen molar-refractivity contribution in [3.8, 4) is 0 Å². The molecule has 0 aromatic carbocycles. The first-order valence-corrected chi connectivity index (χ1v) is 8.32. The van der Waals surface area contributed by atoms with E-state index < -0.39 is 6.04 Å².